The molecule has 6 heteroatoms. The highest BCUT2D eigenvalue weighted by Crippen LogP contribution is 2.40. The highest BCUT2D eigenvalue weighted by atomic mass is 16.4. The third-order valence-corrected chi connectivity index (χ3v) is 9.19. The Morgan fingerprint density at radius 2 is 0.900 bits per heavy atom. The van der Waals surface area contributed by atoms with Crippen LogP contribution in [0.3, 0.4) is 0 Å². The lowest BCUT2D eigenvalue weighted by Gasteiger charge is -2.12. The second-order valence-corrected chi connectivity index (χ2v) is 12.2. The average molecular weight is 643 g/mol. The topological polar surface area (TPSA) is 77.8 Å². The summed E-state index contributed by atoms with van der Waals surface area (Å²) >= 11 is 0. The molecule has 0 unspecified atom stereocenters. The summed E-state index contributed by atoms with van der Waals surface area (Å²) in [5, 5.41) is 4.22. The fraction of sp³-hybridized carbons (Fsp3) is 0. The Hall–Kier alpha value is -6.92. The zero-order valence-electron chi connectivity index (χ0n) is 26.6. The van der Waals surface area contributed by atoms with E-state index >= 15 is 0 Å². The molecule has 0 spiro atoms. The van der Waals surface area contributed by atoms with Crippen LogP contribution in [-0.2, 0) is 0 Å². The summed E-state index contributed by atoms with van der Waals surface area (Å²) in [6.45, 7) is 0. The van der Waals surface area contributed by atoms with Crippen LogP contribution in [0, 0.1) is 0 Å². The van der Waals surface area contributed by atoms with Crippen LogP contribution < -0.4 is 0 Å². The van der Waals surface area contributed by atoms with E-state index in [-0.39, 0.29) is 0 Å². The monoisotopic (exact) mass is 642 g/mol. The number of aromatic nitrogens is 4. The van der Waals surface area contributed by atoms with Crippen molar-refractivity contribution in [2.45, 2.75) is 0 Å². The predicted octanol–water partition coefficient (Wildman–Crippen LogP) is 11.4. The van der Waals surface area contributed by atoms with Crippen LogP contribution >= 0.6 is 0 Å². The minimum atomic E-state index is 0.552. The van der Waals surface area contributed by atoms with Gasteiger partial charge in [0.1, 0.15) is 5.58 Å². The average Bonchev–Trinajstić information content (AvgIpc) is 3.80. The molecule has 0 radical (unpaired) electrons. The highest BCUT2D eigenvalue weighted by molar-refractivity contribution is 6.13. The van der Waals surface area contributed by atoms with Crippen LogP contribution in [0.5, 0.6) is 0 Å². The molecule has 6 nitrogen and oxygen atoms in total. The van der Waals surface area contributed by atoms with Gasteiger partial charge in [0, 0.05) is 33.0 Å². The Balaban J connectivity index is 1.09. The third kappa shape index (κ3) is 4.65. The van der Waals surface area contributed by atoms with Gasteiger partial charge in [0.2, 0.25) is 5.89 Å². The van der Waals surface area contributed by atoms with Crippen molar-refractivity contribution in [2.24, 2.45) is 0 Å². The molecule has 0 atom stereocenters. The van der Waals surface area contributed by atoms with E-state index in [9.17, 15) is 0 Å². The van der Waals surface area contributed by atoms with Crippen LogP contribution in [0.25, 0.3) is 101 Å². The lowest BCUT2D eigenvalue weighted by molar-refractivity contribution is 0.620. The van der Waals surface area contributed by atoms with Gasteiger partial charge in [-0.05, 0) is 52.2 Å². The van der Waals surface area contributed by atoms with Gasteiger partial charge in [-0.2, -0.15) is 0 Å². The molecular formula is C44H26N4O2. The molecule has 0 fully saturated rings. The summed E-state index contributed by atoms with van der Waals surface area (Å²) in [5.41, 5.74) is 8.81. The second kappa shape index (κ2) is 11.4. The van der Waals surface area contributed by atoms with Crippen molar-refractivity contribution in [3.63, 3.8) is 0 Å². The first kappa shape index (κ1) is 28.1. The lowest BCUT2D eigenvalue weighted by atomic mass is 9.94. The zero-order valence-corrected chi connectivity index (χ0v) is 26.6. The molecule has 234 valence electrons. The first-order valence-corrected chi connectivity index (χ1v) is 16.5. The van der Waals surface area contributed by atoms with Crippen LogP contribution in [0.4, 0.5) is 0 Å². The van der Waals surface area contributed by atoms with Crippen molar-refractivity contribution in [2.75, 3.05) is 0 Å². The number of benzene rings is 7. The van der Waals surface area contributed by atoms with Crippen molar-refractivity contribution in [3.8, 4) is 56.7 Å². The van der Waals surface area contributed by atoms with E-state index in [1.54, 1.807) is 0 Å². The van der Waals surface area contributed by atoms with Gasteiger partial charge in [-0.15, -0.1) is 0 Å². The molecule has 3 aromatic heterocycles. The van der Waals surface area contributed by atoms with Crippen molar-refractivity contribution in [1.82, 2.24) is 19.9 Å². The molecule has 10 aromatic rings. The summed E-state index contributed by atoms with van der Waals surface area (Å²) in [6.07, 6.45) is 0. The quantitative estimate of drug-likeness (QED) is 0.186. The Kier molecular flexibility index (Phi) is 6.39. The molecule has 0 bridgehead atoms. The Morgan fingerprint density at radius 3 is 1.62 bits per heavy atom. The van der Waals surface area contributed by atoms with Gasteiger partial charge < -0.3 is 8.83 Å². The van der Waals surface area contributed by atoms with Crippen molar-refractivity contribution >= 4 is 43.8 Å². The van der Waals surface area contributed by atoms with E-state index < -0.39 is 0 Å². The molecule has 0 aliphatic heterocycles. The Bertz CT molecular complexity index is 2820. The van der Waals surface area contributed by atoms with E-state index in [1.165, 1.54) is 0 Å². The molecule has 0 aliphatic rings. The van der Waals surface area contributed by atoms with E-state index in [0.29, 0.717) is 28.9 Å². The molecular weight excluding hydrogens is 617 g/mol. The van der Waals surface area contributed by atoms with E-state index in [4.69, 9.17) is 28.8 Å². The van der Waals surface area contributed by atoms with Crippen molar-refractivity contribution in [3.05, 3.63) is 158 Å². The van der Waals surface area contributed by atoms with Crippen LogP contribution in [-0.4, -0.2) is 19.9 Å². The molecule has 0 aliphatic carbocycles. The van der Waals surface area contributed by atoms with Gasteiger partial charge in [-0.3, -0.25) is 0 Å². The number of rotatable bonds is 5. The third-order valence-electron chi connectivity index (χ3n) is 9.19. The minimum Gasteiger partial charge on any atom is -0.454 e. The highest BCUT2D eigenvalue weighted by Gasteiger charge is 2.19. The number of nitrogens with zero attached hydrogens (tertiary/aromatic N) is 4. The molecule has 0 N–H and O–H groups in total. The van der Waals surface area contributed by atoms with E-state index in [1.807, 2.05) is 97.1 Å². The SMILES string of the molecule is c1ccc(-c2nc(-c3ccccc3)nc(-c3cccc(-c4ccc(-c5nc6c(ccc7c8ccccc8oc76)o5)c5ccccc45)c3)n2)cc1. The van der Waals surface area contributed by atoms with Gasteiger partial charge in [0.15, 0.2) is 34.2 Å². The molecule has 0 saturated carbocycles. The molecule has 3 heterocycles. The summed E-state index contributed by atoms with van der Waals surface area (Å²) in [7, 11) is 0. The minimum absolute atomic E-state index is 0.552. The largest absolute Gasteiger partial charge is 0.454 e. The maximum absolute atomic E-state index is 6.39. The standard InChI is InChI=1S/C44H26N4O2/c1-3-12-27(13-4-1)41-46-42(28-14-5-2-6-15-28)48-43(47-41)30-17-11-16-29(26-30)31-22-23-36(33-19-8-7-18-32(31)33)44-45-39-38(50-44)25-24-35-34-20-9-10-21-37(34)49-40(35)39/h1-26H. The molecule has 7 aromatic carbocycles. The Morgan fingerprint density at radius 1 is 0.340 bits per heavy atom. The molecule has 10 rings (SSSR count). The maximum Gasteiger partial charge on any atom is 0.228 e. The molecule has 50 heavy (non-hydrogen) atoms. The maximum atomic E-state index is 6.39. The van der Waals surface area contributed by atoms with Gasteiger partial charge in [0.05, 0.1) is 0 Å². The first-order chi connectivity index (χ1) is 24.8. The number of para-hydroxylation sites is 1. The number of hydrogen-bond acceptors (Lipinski definition) is 6. The molecule has 0 saturated heterocycles. The summed E-state index contributed by atoms with van der Waals surface area (Å²) < 4.78 is 12.6. The van der Waals surface area contributed by atoms with Crippen molar-refractivity contribution < 1.29 is 8.83 Å². The van der Waals surface area contributed by atoms with Gasteiger partial charge >= 0.3 is 0 Å². The lowest BCUT2D eigenvalue weighted by Crippen LogP contribution is -2.00. The normalized spacial score (nSPS) is 11.6. The second-order valence-electron chi connectivity index (χ2n) is 12.2. The number of oxazole rings is 1. The fourth-order valence-electron chi connectivity index (χ4n) is 6.79. The zero-order chi connectivity index (χ0) is 33.0. The number of furan rings is 1. The van der Waals surface area contributed by atoms with Gasteiger partial charge in [-0.1, -0.05) is 127 Å². The van der Waals surface area contributed by atoms with Crippen LogP contribution in [0.1, 0.15) is 0 Å². The van der Waals surface area contributed by atoms with Crippen LogP contribution in [0.2, 0.25) is 0 Å². The predicted molar refractivity (Wildman–Crippen MR) is 199 cm³/mol. The Labute approximate surface area is 286 Å². The van der Waals surface area contributed by atoms with Gasteiger partial charge in [0.25, 0.3) is 0 Å². The fourth-order valence-corrected chi connectivity index (χ4v) is 6.79. The first-order valence-electron chi connectivity index (χ1n) is 16.5. The summed E-state index contributed by atoms with van der Waals surface area (Å²) in [4.78, 5) is 19.8. The van der Waals surface area contributed by atoms with Crippen LogP contribution in [0.15, 0.2) is 167 Å². The smallest absolute Gasteiger partial charge is 0.228 e. The number of fused-ring (bicyclic) bond motifs is 6. The number of hydrogen-bond donors (Lipinski definition) is 0. The molecule has 0 amide bonds. The van der Waals surface area contributed by atoms with E-state index in [2.05, 4.69) is 60.7 Å². The van der Waals surface area contributed by atoms with Crippen molar-refractivity contribution in [1.29, 1.82) is 0 Å². The van der Waals surface area contributed by atoms with E-state index in [0.717, 1.165) is 71.6 Å². The summed E-state index contributed by atoms with van der Waals surface area (Å²) in [5.74, 6) is 2.43. The summed E-state index contributed by atoms with van der Waals surface area (Å²) in [6, 6.07) is 53.1. The van der Waals surface area contributed by atoms with Gasteiger partial charge in [-0.25, -0.2) is 19.9 Å².